The minimum atomic E-state index is -0.125. The molecule has 0 fully saturated rings. The fourth-order valence-electron chi connectivity index (χ4n) is 0. The lowest BCUT2D eigenvalue weighted by Gasteiger charge is -1.70. The molecule has 0 rings (SSSR count). The number of methoxy groups -OCH3 is 1. The molecule has 0 aliphatic heterocycles. The van der Waals surface area contributed by atoms with Crippen molar-refractivity contribution in [2.75, 3.05) is 27.4 Å². The van der Waals surface area contributed by atoms with Gasteiger partial charge in [0.25, 0.3) is 0 Å². The van der Waals surface area contributed by atoms with Gasteiger partial charge in [0.15, 0.2) is 0 Å². The Bertz CT molecular complexity index is 15.5. The quantitative estimate of drug-likeness (QED) is 0.444. The summed E-state index contributed by atoms with van der Waals surface area (Å²) in [6.45, 7) is -0.250. The molecular formula is C4H14O4. The first-order valence-electron chi connectivity index (χ1n) is 1.95. The maximum Gasteiger partial charge on any atom is 0.0662 e. The van der Waals surface area contributed by atoms with E-state index in [9.17, 15) is 0 Å². The molecule has 8 heavy (non-hydrogen) atoms. The number of ether oxygens (including phenoxy) is 1. The van der Waals surface area contributed by atoms with Crippen molar-refractivity contribution in [2.24, 2.45) is 0 Å². The van der Waals surface area contributed by atoms with Crippen LogP contribution in [0.1, 0.15) is 0 Å². The molecule has 0 heterocycles. The molecule has 0 aliphatic carbocycles. The number of aliphatic hydroxyl groups is 2. The first-order chi connectivity index (χ1) is 3.33. The van der Waals surface area contributed by atoms with Gasteiger partial charge in [-0.1, -0.05) is 0 Å². The predicted molar refractivity (Wildman–Crippen MR) is 30.7 cm³/mol. The number of rotatable bonds is 1. The zero-order valence-corrected chi connectivity index (χ0v) is 5.22. The van der Waals surface area contributed by atoms with Gasteiger partial charge < -0.3 is 20.4 Å². The van der Waals surface area contributed by atoms with Crippen LogP contribution in [-0.2, 0) is 4.74 Å². The van der Waals surface area contributed by atoms with E-state index in [1.54, 1.807) is 14.2 Å². The predicted octanol–water partition coefficient (Wildman–Crippen LogP) is -1.59. The van der Waals surface area contributed by atoms with Gasteiger partial charge in [0, 0.05) is 14.2 Å². The highest BCUT2D eigenvalue weighted by Gasteiger charge is 1.58. The summed E-state index contributed by atoms with van der Waals surface area (Å²) in [6, 6.07) is 0. The molecule has 0 bridgehead atoms. The molecule has 0 amide bonds. The van der Waals surface area contributed by atoms with E-state index in [-0.39, 0.29) is 18.7 Å². The standard InChI is InChI=1S/C2H6O2.C2H6O.H2O/c3-1-2-4;1-3-2;/h3-4H,1-2H2;1-2H3;1H2. The Morgan fingerprint density at radius 1 is 1.12 bits per heavy atom. The summed E-state index contributed by atoms with van der Waals surface area (Å²) in [7, 11) is 3.25. The first kappa shape index (κ1) is 15.7. The van der Waals surface area contributed by atoms with Crippen LogP contribution >= 0.6 is 0 Å². The number of aliphatic hydroxyl groups excluding tert-OH is 2. The molecule has 4 nitrogen and oxygen atoms in total. The molecule has 0 saturated carbocycles. The van der Waals surface area contributed by atoms with Crippen LogP contribution < -0.4 is 0 Å². The van der Waals surface area contributed by atoms with Crippen LogP contribution in [0.5, 0.6) is 0 Å². The fraction of sp³-hybridized carbons (Fsp3) is 1.00. The van der Waals surface area contributed by atoms with E-state index in [1.165, 1.54) is 0 Å². The summed E-state index contributed by atoms with van der Waals surface area (Å²) in [5, 5.41) is 15.2. The Hall–Kier alpha value is -0.160. The summed E-state index contributed by atoms with van der Waals surface area (Å²) in [6.07, 6.45) is 0. The molecule has 0 atom stereocenters. The normalized spacial score (nSPS) is 6.00. The smallest absolute Gasteiger partial charge is 0.0662 e. The van der Waals surface area contributed by atoms with Crippen LogP contribution in [0.3, 0.4) is 0 Å². The molecule has 0 aliphatic rings. The second-order valence-electron chi connectivity index (χ2n) is 0.855. The molecular weight excluding hydrogens is 112 g/mol. The lowest BCUT2D eigenvalue weighted by atomic mass is 10.8. The minimum Gasteiger partial charge on any atom is -0.412 e. The Morgan fingerprint density at radius 3 is 1.25 bits per heavy atom. The number of hydrogen-bond acceptors (Lipinski definition) is 3. The van der Waals surface area contributed by atoms with Gasteiger partial charge in [-0.25, -0.2) is 0 Å². The SMILES string of the molecule is COC.O.OCCO. The van der Waals surface area contributed by atoms with Crippen molar-refractivity contribution < 1.29 is 20.4 Å². The first-order valence-corrected chi connectivity index (χ1v) is 1.95. The summed E-state index contributed by atoms with van der Waals surface area (Å²) < 4.78 is 4.25. The van der Waals surface area contributed by atoms with Crippen molar-refractivity contribution >= 4 is 0 Å². The van der Waals surface area contributed by atoms with Crippen molar-refractivity contribution in [3.8, 4) is 0 Å². The molecule has 0 radical (unpaired) electrons. The second kappa shape index (κ2) is 28.9. The Labute approximate surface area is 49.0 Å². The Kier molecular flexibility index (Phi) is 56.6. The van der Waals surface area contributed by atoms with E-state index in [4.69, 9.17) is 10.2 Å². The fourth-order valence-corrected chi connectivity index (χ4v) is 0. The zero-order valence-electron chi connectivity index (χ0n) is 5.22. The van der Waals surface area contributed by atoms with Gasteiger partial charge in [0.05, 0.1) is 13.2 Å². The molecule has 4 N–H and O–H groups in total. The summed E-state index contributed by atoms with van der Waals surface area (Å²) in [4.78, 5) is 0. The molecule has 0 aromatic heterocycles. The number of hydrogen-bond donors (Lipinski definition) is 2. The van der Waals surface area contributed by atoms with Gasteiger partial charge in [0.1, 0.15) is 0 Å². The molecule has 0 saturated heterocycles. The van der Waals surface area contributed by atoms with E-state index in [0.29, 0.717) is 0 Å². The van der Waals surface area contributed by atoms with E-state index < -0.39 is 0 Å². The van der Waals surface area contributed by atoms with Crippen molar-refractivity contribution in [1.82, 2.24) is 0 Å². The average molecular weight is 126 g/mol. The topological polar surface area (TPSA) is 81.2 Å². The zero-order chi connectivity index (χ0) is 6.12. The average Bonchev–Trinajstić information content (AvgIpc) is 1.69. The molecule has 4 heteroatoms. The van der Waals surface area contributed by atoms with Crippen LogP contribution in [-0.4, -0.2) is 43.1 Å². The van der Waals surface area contributed by atoms with Gasteiger partial charge in [0.2, 0.25) is 0 Å². The van der Waals surface area contributed by atoms with E-state index in [1.807, 2.05) is 0 Å². The lowest BCUT2D eigenvalue weighted by molar-refractivity contribution is 0.186. The van der Waals surface area contributed by atoms with Gasteiger partial charge >= 0.3 is 0 Å². The Morgan fingerprint density at radius 2 is 1.25 bits per heavy atom. The Balaban J connectivity index is -0.0000000575. The molecule has 0 aromatic rings. The summed E-state index contributed by atoms with van der Waals surface area (Å²) in [5.41, 5.74) is 0. The van der Waals surface area contributed by atoms with Gasteiger partial charge in [-0.3, -0.25) is 0 Å². The van der Waals surface area contributed by atoms with E-state index >= 15 is 0 Å². The third-order valence-corrected chi connectivity index (χ3v) is 0.1000. The summed E-state index contributed by atoms with van der Waals surface area (Å²) in [5.74, 6) is 0. The lowest BCUT2D eigenvalue weighted by Crippen LogP contribution is -1.85. The van der Waals surface area contributed by atoms with Gasteiger partial charge in [-0.15, -0.1) is 0 Å². The highest BCUT2D eigenvalue weighted by atomic mass is 16.4. The van der Waals surface area contributed by atoms with Crippen LogP contribution in [0.25, 0.3) is 0 Å². The maximum absolute atomic E-state index is 7.62. The highest BCUT2D eigenvalue weighted by molar-refractivity contribution is 4.06. The maximum atomic E-state index is 7.62. The third kappa shape index (κ3) is 194. The van der Waals surface area contributed by atoms with Crippen LogP contribution in [0.4, 0.5) is 0 Å². The molecule has 0 aromatic carbocycles. The highest BCUT2D eigenvalue weighted by Crippen LogP contribution is 1.39. The van der Waals surface area contributed by atoms with E-state index in [0.717, 1.165) is 0 Å². The minimum absolute atomic E-state index is 0. The van der Waals surface area contributed by atoms with Crippen LogP contribution in [0, 0.1) is 0 Å². The van der Waals surface area contributed by atoms with Crippen molar-refractivity contribution in [2.45, 2.75) is 0 Å². The summed E-state index contributed by atoms with van der Waals surface area (Å²) >= 11 is 0. The third-order valence-electron chi connectivity index (χ3n) is 0.1000. The van der Waals surface area contributed by atoms with Crippen LogP contribution in [0.15, 0.2) is 0 Å². The second-order valence-corrected chi connectivity index (χ2v) is 0.855. The van der Waals surface area contributed by atoms with Gasteiger partial charge in [-0.05, 0) is 0 Å². The molecule has 0 spiro atoms. The van der Waals surface area contributed by atoms with Crippen molar-refractivity contribution in [1.29, 1.82) is 0 Å². The van der Waals surface area contributed by atoms with E-state index in [2.05, 4.69) is 4.74 Å². The van der Waals surface area contributed by atoms with Crippen molar-refractivity contribution in [3.05, 3.63) is 0 Å². The van der Waals surface area contributed by atoms with Crippen LogP contribution in [0.2, 0.25) is 0 Å². The molecule has 0 unspecified atom stereocenters. The monoisotopic (exact) mass is 126 g/mol. The largest absolute Gasteiger partial charge is 0.412 e. The van der Waals surface area contributed by atoms with Gasteiger partial charge in [-0.2, -0.15) is 0 Å². The van der Waals surface area contributed by atoms with Crippen molar-refractivity contribution in [3.63, 3.8) is 0 Å². The molecule has 54 valence electrons.